The van der Waals surface area contributed by atoms with Crippen LogP contribution in [0.4, 0.5) is 0 Å². The van der Waals surface area contributed by atoms with Crippen LogP contribution in [-0.4, -0.2) is 26.1 Å². The third kappa shape index (κ3) is 3.01. The number of hydrogen-bond donors (Lipinski definition) is 3. The smallest absolute Gasteiger partial charge is 0.322 e. The topological polar surface area (TPSA) is 114 Å². The molecule has 0 saturated heterocycles. The highest BCUT2D eigenvalue weighted by atomic mass is 16.5. The first-order valence-electron chi connectivity index (χ1n) is 5.84. The zero-order valence-electron chi connectivity index (χ0n) is 10.8. The lowest BCUT2D eigenvalue weighted by Crippen LogP contribution is -2.16. The number of nitrogens with zero attached hydrogens (tertiary/aromatic N) is 3. The van der Waals surface area contributed by atoms with E-state index in [4.69, 9.17) is 15.7 Å². The van der Waals surface area contributed by atoms with Crippen LogP contribution in [0.5, 0.6) is 11.8 Å². The summed E-state index contributed by atoms with van der Waals surface area (Å²) in [5.74, 6) is 0.321. The summed E-state index contributed by atoms with van der Waals surface area (Å²) in [6, 6.07) is 8.62. The highest BCUT2D eigenvalue weighted by Gasteiger charge is 2.10. The zero-order valence-corrected chi connectivity index (χ0v) is 10.8. The first kappa shape index (κ1) is 13.8. The van der Waals surface area contributed by atoms with Gasteiger partial charge in [0.1, 0.15) is 11.4 Å². The summed E-state index contributed by atoms with van der Waals surface area (Å²) in [5, 5.41) is 20.8. The molecule has 1 aromatic heterocycles. The van der Waals surface area contributed by atoms with Crippen molar-refractivity contribution in [3.63, 3.8) is 0 Å². The first-order chi connectivity index (χ1) is 9.63. The zero-order chi connectivity index (χ0) is 14.5. The van der Waals surface area contributed by atoms with Crippen molar-refractivity contribution in [3.8, 4) is 11.8 Å². The van der Waals surface area contributed by atoms with Crippen molar-refractivity contribution in [1.29, 1.82) is 0 Å². The molecule has 2 rings (SSSR count). The molecule has 0 unspecified atom stereocenters. The van der Waals surface area contributed by atoms with E-state index in [0.29, 0.717) is 17.0 Å². The van der Waals surface area contributed by atoms with Gasteiger partial charge in [-0.3, -0.25) is 0 Å². The molecule has 0 amide bonds. The Morgan fingerprint density at radius 1 is 1.35 bits per heavy atom. The van der Waals surface area contributed by atoms with E-state index in [1.165, 1.54) is 0 Å². The molecule has 0 aliphatic rings. The van der Waals surface area contributed by atoms with Gasteiger partial charge in [-0.15, -0.1) is 0 Å². The Bertz CT molecular complexity index is 643. The molecule has 0 aliphatic heterocycles. The number of aliphatic hydroxyl groups is 1. The number of benzene rings is 1. The number of ether oxygens (including phenoxy) is 1. The van der Waals surface area contributed by atoms with E-state index < -0.39 is 0 Å². The largest absolute Gasteiger partial charge is 0.424 e. The lowest BCUT2D eigenvalue weighted by Gasteiger charge is -2.09. The molecule has 1 heterocycles. The molecule has 104 valence electrons. The highest BCUT2D eigenvalue weighted by Crippen LogP contribution is 2.23. The van der Waals surface area contributed by atoms with E-state index in [1.54, 1.807) is 37.3 Å². The lowest BCUT2D eigenvalue weighted by molar-refractivity contribution is 0.275. The maximum Gasteiger partial charge on any atom is 0.322 e. The molecule has 20 heavy (non-hydrogen) atoms. The van der Waals surface area contributed by atoms with Gasteiger partial charge in [-0.1, -0.05) is 23.4 Å². The Labute approximate surface area is 115 Å². The number of oxime groups is 1. The number of nitrogens with two attached hydrogens (primary N) is 1. The second kappa shape index (κ2) is 5.98. The molecule has 0 aliphatic carbocycles. The minimum Gasteiger partial charge on any atom is -0.424 e. The van der Waals surface area contributed by atoms with Gasteiger partial charge in [-0.05, 0) is 19.1 Å². The minimum absolute atomic E-state index is 0.0625. The third-order valence-electron chi connectivity index (χ3n) is 2.55. The number of hydrogen-bond acceptors (Lipinski definition) is 6. The Hall–Kier alpha value is -2.67. The quantitative estimate of drug-likeness (QED) is 0.334. The van der Waals surface area contributed by atoms with Crippen LogP contribution in [0.15, 0.2) is 35.5 Å². The average Bonchev–Trinajstić information content (AvgIpc) is 2.46. The van der Waals surface area contributed by atoms with Gasteiger partial charge >= 0.3 is 6.01 Å². The summed E-state index contributed by atoms with van der Waals surface area (Å²) >= 11 is 0. The van der Waals surface area contributed by atoms with Crippen LogP contribution in [0.1, 0.15) is 17.0 Å². The predicted octanol–water partition coefficient (Wildman–Crippen LogP) is 1.16. The van der Waals surface area contributed by atoms with E-state index >= 15 is 0 Å². The van der Waals surface area contributed by atoms with Crippen LogP contribution >= 0.6 is 0 Å². The molecule has 0 bridgehead atoms. The van der Waals surface area contributed by atoms with E-state index in [2.05, 4.69) is 15.1 Å². The van der Waals surface area contributed by atoms with Gasteiger partial charge in [0.15, 0.2) is 5.84 Å². The molecule has 0 spiro atoms. The SMILES string of the molecule is Cc1cc(/C(N)=N/O)nc(Oc2ccccc2CO)n1. The summed E-state index contributed by atoms with van der Waals surface area (Å²) in [4.78, 5) is 8.16. The fraction of sp³-hybridized carbons (Fsp3) is 0.154. The molecule has 7 nitrogen and oxygen atoms in total. The third-order valence-corrected chi connectivity index (χ3v) is 2.55. The predicted molar refractivity (Wildman–Crippen MR) is 71.7 cm³/mol. The fourth-order valence-corrected chi connectivity index (χ4v) is 1.60. The van der Waals surface area contributed by atoms with Gasteiger partial charge in [0, 0.05) is 11.3 Å². The van der Waals surface area contributed by atoms with Crippen LogP contribution in [0.3, 0.4) is 0 Å². The fourth-order valence-electron chi connectivity index (χ4n) is 1.60. The van der Waals surface area contributed by atoms with E-state index in [1.807, 2.05) is 0 Å². The summed E-state index contributed by atoms with van der Waals surface area (Å²) in [5.41, 5.74) is 6.98. The summed E-state index contributed by atoms with van der Waals surface area (Å²) in [6.07, 6.45) is 0. The van der Waals surface area contributed by atoms with Crippen molar-refractivity contribution >= 4 is 5.84 Å². The van der Waals surface area contributed by atoms with Gasteiger partial charge in [0.25, 0.3) is 0 Å². The Morgan fingerprint density at radius 3 is 2.80 bits per heavy atom. The van der Waals surface area contributed by atoms with E-state index in [0.717, 1.165) is 0 Å². The van der Waals surface area contributed by atoms with Crippen LogP contribution in [0, 0.1) is 6.92 Å². The number of aryl methyl sites for hydroxylation is 1. The molecule has 4 N–H and O–H groups in total. The molecule has 0 radical (unpaired) electrons. The highest BCUT2D eigenvalue weighted by molar-refractivity contribution is 5.95. The number of aromatic nitrogens is 2. The minimum atomic E-state index is -0.158. The van der Waals surface area contributed by atoms with Crippen molar-refractivity contribution in [2.24, 2.45) is 10.9 Å². The monoisotopic (exact) mass is 274 g/mol. The first-order valence-corrected chi connectivity index (χ1v) is 5.84. The number of aliphatic hydroxyl groups excluding tert-OH is 1. The summed E-state index contributed by atoms with van der Waals surface area (Å²) < 4.78 is 5.54. The molecular formula is C13H14N4O3. The van der Waals surface area contributed by atoms with Gasteiger partial charge in [-0.2, -0.15) is 4.98 Å². The summed E-state index contributed by atoms with van der Waals surface area (Å²) in [7, 11) is 0. The molecule has 0 fully saturated rings. The van der Waals surface area contributed by atoms with Crippen molar-refractivity contribution in [3.05, 3.63) is 47.3 Å². The van der Waals surface area contributed by atoms with Gasteiger partial charge in [0.2, 0.25) is 0 Å². The van der Waals surface area contributed by atoms with Crippen LogP contribution in [0.2, 0.25) is 0 Å². The Morgan fingerprint density at radius 2 is 2.10 bits per heavy atom. The van der Waals surface area contributed by atoms with E-state index in [-0.39, 0.29) is 24.1 Å². The Balaban J connectivity index is 2.36. The number of amidine groups is 1. The van der Waals surface area contributed by atoms with Crippen molar-refractivity contribution in [1.82, 2.24) is 9.97 Å². The average molecular weight is 274 g/mol. The normalized spacial score (nSPS) is 11.4. The standard InChI is InChI=1S/C13H14N4O3/c1-8-6-10(12(14)17-19)16-13(15-8)20-11-5-3-2-4-9(11)7-18/h2-6,18-19H,7H2,1H3,(H2,14,17). The van der Waals surface area contributed by atoms with Crippen LogP contribution < -0.4 is 10.5 Å². The van der Waals surface area contributed by atoms with Crippen molar-refractivity contribution < 1.29 is 15.1 Å². The molecular weight excluding hydrogens is 260 g/mol. The lowest BCUT2D eigenvalue weighted by atomic mass is 10.2. The second-order valence-electron chi connectivity index (χ2n) is 4.03. The van der Waals surface area contributed by atoms with Crippen molar-refractivity contribution in [2.75, 3.05) is 0 Å². The Kier molecular flexibility index (Phi) is 4.11. The maximum atomic E-state index is 9.24. The molecule has 1 aromatic carbocycles. The van der Waals surface area contributed by atoms with Gasteiger partial charge < -0.3 is 20.8 Å². The molecule has 0 saturated carbocycles. The van der Waals surface area contributed by atoms with E-state index in [9.17, 15) is 5.11 Å². The maximum absolute atomic E-state index is 9.24. The van der Waals surface area contributed by atoms with Crippen molar-refractivity contribution in [2.45, 2.75) is 13.5 Å². The number of rotatable bonds is 4. The number of para-hydroxylation sites is 1. The van der Waals surface area contributed by atoms with Gasteiger partial charge in [-0.25, -0.2) is 4.98 Å². The molecule has 2 aromatic rings. The molecule has 0 atom stereocenters. The molecule has 7 heteroatoms. The second-order valence-corrected chi connectivity index (χ2v) is 4.03. The summed E-state index contributed by atoms with van der Waals surface area (Å²) in [6.45, 7) is 1.58. The van der Waals surface area contributed by atoms with Gasteiger partial charge in [0.05, 0.1) is 6.61 Å². The van der Waals surface area contributed by atoms with Crippen LogP contribution in [0.25, 0.3) is 0 Å². The van der Waals surface area contributed by atoms with Crippen LogP contribution in [-0.2, 0) is 6.61 Å².